The van der Waals surface area contributed by atoms with Crippen molar-refractivity contribution >= 4 is 11.6 Å². The molecule has 1 aromatic rings. The number of benzene rings is 1. The summed E-state index contributed by atoms with van der Waals surface area (Å²) in [6, 6.07) is 8.37. The molecule has 0 atom stereocenters. The molecule has 1 saturated carbocycles. The highest BCUT2D eigenvalue weighted by molar-refractivity contribution is 5.82. The Hall–Kier alpha value is -2.06. The Morgan fingerprint density at radius 3 is 2.86 bits per heavy atom. The molecule has 1 aliphatic rings. The van der Waals surface area contributed by atoms with Gasteiger partial charge in [-0.25, -0.2) is 0 Å². The first-order valence-electron chi connectivity index (χ1n) is 7.38. The van der Waals surface area contributed by atoms with Gasteiger partial charge in [-0.3, -0.25) is 4.79 Å². The normalized spacial score (nSPS) is 13.6. The maximum atomic E-state index is 11.8. The van der Waals surface area contributed by atoms with Crippen LogP contribution in [0.15, 0.2) is 18.2 Å². The zero-order chi connectivity index (χ0) is 15.2. The minimum atomic E-state index is 0.0145. The fraction of sp³-hybridized carbons (Fsp3) is 0.500. The lowest BCUT2D eigenvalue weighted by atomic mass is 10.1. The molecule has 1 fully saturated rings. The van der Waals surface area contributed by atoms with Crippen molar-refractivity contribution in [2.75, 3.05) is 25.0 Å². The molecule has 1 aliphatic carbocycles. The van der Waals surface area contributed by atoms with Gasteiger partial charge in [0.05, 0.1) is 17.8 Å². The third-order valence-electron chi connectivity index (χ3n) is 3.50. The molecule has 0 saturated heterocycles. The van der Waals surface area contributed by atoms with Gasteiger partial charge >= 0.3 is 0 Å². The largest absolute Gasteiger partial charge is 0.364 e. The van der Waals surface area contributed by atoms with E-state index in [1.165, 1.54) is 0 Å². The van der Waals surface area contributed by atoms with Crippen molar-refractivity contribution in [2.45, 2.75) is 32.4 Å². The Labute approximate surface area is 125 Å². The molecule has 1 amide bonds. The molecular formula is C16H22N4O. The van der Waals surface area contributed by atoms with E-state index in [0.717, 1.165) is 37.2 Å². The van der Waals surface area contributed by atoms with Crippen LogP contribution in [0, 0.1) is 11.3 Å². The summed E-state index contributed by atoms with van der Waals surface area (Å²) in [5.74, 6) is 0.0145. The smallest absolute Gasteiger partial charge is 0.239 e. The first-order valence-corrected chi connectivity index (χ1v) is 7.38. The highest BCUT2D eigenvalue weighted by atomic mass is 16.2. The van der Waals surface area contributed by atoms with Crippen molar-refractivity contribution in [3.05, 3.63) is 29.3 Å². The number of carbonyl (C=O) groups excluding carboxylic acids is 1. The van der Waals surface area contributed by atoms with E-state index in [4.69, 9.17) is 0 Å². The number of anilines is 1. The van der Waals surface area contributed by atoms with Crippen LogP contribution in [-0.4, -0.2) is 32.1 Å². The van der Waals surface area contributed by atoms with Crippen molar-refractivity contribution in [3.63, 3.8) is 0 Å². The predicted octanol–water partition coefficient (Wildman–Crippen LogP) is 1.38. The Balaban J connectivity index is 2.03. The van der Waals surface area contributed by atoms with Gasteiger partial charge in [-0.2, -0.15) is 5.26 Å². The minimum absolute atomic E-state index is 0.0145. The zero-order valence-corrected chi connectivity index (χ0v) is 12.6. The number of rotatable bonds is 7. The van der Waals surface area contributed by atoms with Crippen molar-refractivity contribution in [3.8, 4) is 6.07 Å². The van der Waals surface area contributed by atoms with E-state index in [2.05, 4.69) is 16.7 Å². The standard InChI is InChI=1S/C16H22N4O/c1-3-18-10-12-4-7-15(13(8-12)9-17)20(2)11-16(21)19-14-5-6-14/h4,7-8,14,18H,3,5-6,10-11H2,1-2H3,(H,19,21). The van der Waals surface area contributed by atoms with Crippen LogP contribution >= 0.6 is 0 Å². The third kappa shape index (κ3) is 4.47. The Kier molecular flexibility index (Phi) is 5.18. The van der Waals surface area contributed by atoms with Crippen LogP contribution in [-0.2, 0) is 11.3 Å². The number of hydrogen-bond donors (Lipinski definition) is 2. The summed E-state index contributed by atoms with van der Waals surface area (Å²) in [5, 5.41) is 15.5. The van der Waals surface area contributed by atoms with Crippen LogP contribution in [0.25, 0.3) is 0 Å². The lowest BCUT2D eigenvalue weighted by molar-refractivity contribution is -0.119. The fourth-order valence-electron chi connectivity index (χ4n) is 2.19. The van der Waals surface area contributed by atoms with Crippen LogP contribution in [0.2, 0.25) is 0 Å². The molecule has 0 spiro atoms. The molecule has 0 heterocycles. The molecule has 0 radical (unpaired) electrons. The molecular weight excluding hydrogens is 264 g/mol. The molecule has 5 nitrogen and oxygen atoms in total. The van der Waals surface area contributed by atoms with Crippen LogP contribution in [0.5, 0.6) is 0 Å². The molecule has 112 valence electrons. The predicted molar refractivity (Wildman–Crippen MR) is 83.0 cm³/mol. The highest BCUT2D eigenvalue weighted by Crippen LogP contribution is 2.21. The van der Waals surface area contributed by atoms with E-state index in [-0.39, 0.29) is 12.5 Å². The summed E-state index contributed by atoms with van der Waals surface area (Å²) in [6.07, 6.45) is 2.16. The monoisotopic (exact) mass is 286 g/mol. The minimum Gasteiger partial charge on any atom is -0.364 e. The maximum absolute atomic E-state index is 11.8. The van der Waals surface area contributed by atoms with E-state index in [1.807, 2.05) is 37.1 Å². The van der Waals surface area contributed by atoms with Crippen molar-refractivity contribution in [1.29, 1.82) is 5.26 Å². The Morgan fingerprint density at radius 1 is 1.48 bits per heavy atom. The third-order valence-corrected chi connectivity index (χ3v) is 3.50. The van der Waals surface area contributed by atoms with E-state index in [0.29, 0.717) is 11.6 Å². The molecule has 1 aromatic carbocycles. The first kappa shape index (κ1) is 15.3. The van der Waals surface area contributed by atoms with Gasteiger partial charge < -0.3 is 15.5 Å². The summed E-state index contributed by atoms with van der Waals surface area (Å²) in [4.78, 5) is 13.7. The molecule has 0 aromatic heterocycles. The SMILES string of the molecule is CCNCc1ccc(N(C)CC(=O)NC2CC2)c(C#N)c1. The van der Waals surface area contributed by atoms with Gasteiger partial charge in [0.25, 0.3) is 0 Å². The summed E-state index contributed by atoms with van der Waals surface area (Å²) in [7, 11) is 1.84. The van der Waals surface area contributed by atoms with Gasteiger partial charge in [0.2, 0.25) is 5.91 Å². The maximum Gasteiger partial charge on any atom is 0.239 e. The molecule has 0 aliphatic heterocycles. The number of nitrogens with zero attached hydrogens (tertiary/aromatic N) is 2. The van der Waals surface area contributed by atoms with Crippen LogP contribution in [0.4, 0.5) is 5.69 Å². The number of nitriles is 1. The fourth-order valence-corrected chi connectivity index (χ4v) is 2.19. The van der Waals surface area contributed by atoms with Gasteiger partial charge in [-0.1, -0.05) is 13.0 Å². The van der Waals surface area contributed by atoms with Crippen molar-refractivity contribution in [1.82, 2.24) is 10.6 Å². The molecule has 0 unspecified atom stereocenters. The molecule has 2 N–H and O–H groups in total. The average Bonchev–Trinajstić information content (AvgIpc) is 3.28. The lowest BCUT2D eigenvalue weighted by Crippen LogP contribution is -2.36. The van der Waals surface area contributed by atoms with Gasteiger partial charge in [0, 0.05) is 19.6 Å². The average molecular weight is 286 g/mol. The summed E-state index contributed by atoms with van der Waals surface area (Å²) in [6.45, 7) is 3.96. The molecule has 5 heteroatoms. The zero-order valence-electron chi connectivity index (χ0n) is 12.6. The number of carbonyl (C=O) groups is 1. The summed E-state index contributed by atoms with van der Waals surface area (Å²) < 4.78 is 0. The van der Waals surface area contributed by atoms with Crippen molar-refractivity contribution < 1.29 is 4.79 Å². The van der Waals surface area contributed by atoms with Gasteiger partial charge in [-0.05, 0) is 37.1 Å². The number of hydrogen-bond acceptors (Lipinski definition) is 4. The Morgan fingerprint density at radius 2 is 2.24 bits per heavy atom. The summed E-state index contributed by atoms with van der Waals surface area (Å²) in [5.41, 5.74) is 2.48. The second-order valence-electron chi connectivity index (χ2n) is 5.44. The number of likely N-dealkylation sites (N-methyl/N-ethyl adjacent to an activating group) is 1. The second kappa shape index (κ2) is 7.09. The first-order chi connectivity index (χ1) is 10.1. The van der Waals surface area contributed by atoms with Crippen LogP contribution in [0.3, 0.4) is 0 Å². The topological polar surface area (TPSA) is 68.2 Å². The second-order valence-corrected chi connectivity index (χ2v) is 5.44. The lowest BCUT2D eigenvalue weighted by Gasteiger charge is -2.20. The van der Waals surface area contributed by atoms with Gasteiger partial charge in [0.15, 0.2) is 0 Å². The van der Waals surface area contributed by atoms with Crippen LogP contribution < -0.4 is 15.5 Å². The Bertz CT molecular complexity index is 546. The number of nitrogens with one attached hydrogen (secondary N) is 2. The van der Waals surface area contributed by atoms with E-state index in [9.17, 15) is 10.1 Å². The van der Waals surface area contributed by atoms with Crippen LogP contribution in [0.1, 0.15) is 30.9 Å². The van der Waals surface area contributed by atoms with E-state index < -0.39 is 0 Å². The highest BCUT2D eigenvalue weighted by Gasteiger charge is 2.23. The van der Waals surface area contributed by atoms with E-state index >= 15 is 0 Å². The quantitative estimate of drug-likeness (QED) is 0.794. The number of amides is 1. The molecule has 0 bridgehead atoms. The van der Waals surface area contributed by atoms with E-state index in [1.54, 1.807) is 0 Å². The van der Waals surface area contributed by atoms with Crippen molar-refractivity contribution in [2.24, 2.45) is 0 Å². The molecule has 21 heavy (non-hydrogen) atoms. The van der Waals surface area contributed by atoms with Gasteiger partial charge in [0.1, 0.15) is 6.07 Å². The van der Waals surface area contributed by atoms with Gasteiger partial charge in [-0.15, -0.1) is 0 Å². The molecule has 2 rings (SSSR count). The summed E-state index contributed by atoms with van der Waals surface area (Å²) >= 11 is 0.